The molecule has 0 bridgehead atoms. The van der Waals surface area contributed by atoms with Crippen LogP contribution in [-0.2, 0) is 16.0 Å². The molecule has 0 aromatic heterocycles. The molecule has 2 aliphatic heterocycles. The summed E-state index contributed by atoms with van der Waals surface area (Å²) in [7, 11) is 0. The number of aryl methyl sites for hydroxylation is 1. The molecule has 0 spiro atoms. The van der Waals surface area contributed by atoms with Crippen molar-refractivity contribution in [3.05, 3.63) is 98.5 Å². The van der Waals surface area contributed by atoms with Gasteiger partial charge in [-0.25, -0.2) is 0 Å². The quantitative estimate of drug-likeness (QED) is 0.290. The molecule has 33 heavy (non-hydrogen) atoms. The van der Waals surface area contributed by atoms with Crippen LogP contribution in [0.25, 0.3) is 5.76 Å². The van der Waals surface area contributed by atoms with Crippen molar-refractivity contribution in [3.8, 4) is 5.75 Å². The lowest BCUT2D eigenvalue weighted by Crippen LogP contribution is -2.29. The summed E-state index contributed by atoms with van der Waals surface area (Å²) in [5.74, 6) is -0.971. The Morgan fingerprint density at radius 3 is 2.52 bits per heavy atom. The zero-order valence-electron chi connectivity index (χ0n) is 17.6. The maximum Gasteiger partial charge on any atom is 0.300 e. The monoisotopic (exact) mass is 479 g/mol. The summed E-state index contributed by atoms with van der Waals surface area (Å²) >= 11 is 12.4. The Morgan fingerprint density at radius 2 is 1.79 bits per heavy atom. The Labute approximate surface area is 200 Å². The van der Waals surface area contributed by atoms with Crippen molar-refractivity contribution in [2.75, 3.05) is 11.5 Å². The van der Waals surface area contributed by atoms with Gasteiger partial charge in [-0.15, -0.1) is 0 Å². The molecule has 0 aliphatic carbocycles. The van der Waals surface area contributed by atoms with Gasteiger partial charge in [-0.05, 0) is 66.1 Å². The van der Waals surface area contributed by atoms with E-state index in [1.807, 2.05) is 6.92 Å². The fourth-order valence-electron chi connectivity index (χ4n) is 4.28. The summed E-state index contributed by atoms with van der Waals surface area (Å²) in [4.78, 5) is 27.8. The van der Waals surface area contributed by atoms with Gasteiger partial charge in [-0.3, -0.25) is 14.5 Å². The number of benzene rings is 3. The van der Waals surface area contributed by atoms with E-state index in [4.69, 9.17) is 27.9 Å². The molecule has 2 aliphatic rings. The van der Waals surface area contributed by atoms with Crippen molar-refractivity contribution in [2.45, 2.75) is 19.4 Å². The van der Waals surface area contributed by atoms with Crippen LogP contribution in [0.15, 0.2) is 66.2 Å². The summed E-state index contributed by atoms with van der Waals surface area (Å²) < 4.78 is 5.54. The summed E-state index contributed by atoms with van der Waals surface area (Å²) in [6, 6.07) is 16.4. The van der Waals surface area contributed by atoms with Gasteiger partial charge < -0.3 is 9.84 Å². The first-order valence-corrected chi connectivity index (χ1v) is 11.2. The molecule has 1 saturated heterocycles. The lowest BCUT2D eigenvalue weighted by atomic mass is 9.94. The lowest BCUT2D eigenvalue weighted by molar-refractivity contribution is -0.132. The van der Waals surface area contributed by atoms with E-state index in [1.165, 1.54) is 4.90 Å². The number of fused-ring (bicyclic) bond motifs is 1. The second-order valence-electron chi connectivity index (χ2n) is 8.08. The number of hydrogen-bond donors (Lipinski definition) is 1. The zero-order valence-corrected chi connectivity index (χ0v) is 19.2. The van der Waals surface area contributed by atoms with Crippen molar-refractivity contribution in [1.29, 1.82) is 0 Å². The molecule has 2 heterocycles. The second-order valence-corrected chi connectivity index (χ2v) is 8.92. The number of aliphatic hydroxyl groups excluding tert-OH is 1. The molecule has 1 unspecified atom stereocenters. The van der Waals surface area contributed by atoms with Crippen molar-refractivity contribution in [3.63, 3.8) is 0 Å². The molecule has 0 radical (unpaired) electrons. The first-order valence-electron chi connectivity index (χ1n) is 10.4. The third-order valence-electron chi connectivity index (χ3n) is 6.03. The molecule has 1 fully saturated rings. The predicted molar refractivity (Wildman–Crippen MR) is 128 cm³/mol. The van der Waals surface area contributed by atoms with E-state index in [1.54, 1.807) is 60.7 Å². The topological polar surface area (TPSA) is 66.8 Å². The maximum absolute atomic E-state index is 13.2. The number of nitrogens with zero attached hydrogens (tertiary/aromatic N) is 1. The van der Waals surface area contributed by atoms with Gasteiger partial charge in [-0.1, -0.05) is 41.4 Å². The normalized spacial score (nSPS) is 19.0. The average Bonchev–Trinajstić information content (AvgIpc) is 3.38. The highest BCUT2D eigenvalue weighted by Crippen LogP contribution is 2.43. The predicted octanol–water partition coefficient (Wildman–Crippen LogP) is 5.86. The minimum Gasteiger partial charge on any atom is -0.507 e. The van der Waals surface area contributed by atoms with Crippen LogP contribution in [0.1, 0.15) is 28.3 Å². The van der Waals surface area contributed by atoms with E-state index >= 15 is 0 Å². The maximum atomic E-state index is 13.2. The number of carbonyl (C=O) groups excluding carboxylic acids is 2. The Hall–Kier alpha value is -3.28. The Kier molecular flexibility index (Phi) is 5.39. The molecule has 5 rings (SSSR count). The first kappa shape index (κ1) is 21.6. The van der Waals surface area contributed by atoms with Gasteiger partial charge in [0.25, 0.3) is 11.7 Å². The number of hydrogen-bond acceptors (Lipinski definition) is 4. The molecule has 1 atom stereocenters. The number of rotatable bonds is 3. The summed E-state index contributed by atoms with van der Waals surface area (Å²) in [5, 5.41) is 12.3. The van der Waals surface area contributed by atoms with E-state index in [-0.39, 0.29) is 11.3 Å². The number of ketones is 1. The van der Waals surface area contributed by atoms with Crippen molar-refractivity contribution < 1.29 is 19.4 Å². The number of amides is 1. The minimum absolute atomic E-state index is 0.0119. The Balaban J connectivity index is 1.71. The molecule has 166 valence electrons. The number of aliphatic hydroxyl groups is 1. The summed E-state index contributed by atoms with van der Waals surface area (Å²) in [6.07, 6.45) is 0.716. The van der Waals surface area contributed by atoms with E-state index in [2.05, 4.69) is 0 Å². The van der Waals surface area contributed by atoms with E-state index in [0.29, 0.717) is 39.9 Å². The van der Waals surface area contributed by atoms with Crippen LogP contribution >= 0.6 is 23.2 Å². The van der Waals surface area contributed by atoms with Gasteiger partial charge in [0.05, 0.1) is 18.2 Å². The zero-order chi connectivity index (χ0) is 23.3. The van der Waals surface area contributed by atoms with Crippen molar-refractivity contribution in [2.24, 2.45) is 0 Å². The van der Waals surface area contributed by atoms with E-state index in [9.17, 15) is 14.7 Å². The van der Waals surface area contributed by atoms with Crippen LogP contribution < -0.4 is 9.64 Å². The molecular weight excluding hydrogens is 461 g/mol. The van der Waals surface area contributed by atoms with Crippen LogP contribution in [0, 0.1) is 6.92 Å². The van der Waals surface area contributed by atoms with Crippen LogP contribution in [0.3, 0.4) is 0 Å². The van der Waals surface area contributed by atoms with Gasteiger partial charge in [0.1, 0.15) is 11.5 Å². The first-order chi connectivity index (χ1) is 15.8. The lowest BCUT2D eigenvalue weighted by Gasteiger charge is -2.26. The molecule has 7 heteroatoms. The van der Waals surface area contributed by atoms with Crippen molar-refractivity contribution in [1.82, 2.24) is 0 Å². The third kappa shape index (κ3) is 3.67. The fraction of sp³-hybridized carbons (Fsp3) is 0.154. The van der Waals surface area contributed by atoms with Gasteiger partial charge in [-0.2, -0.15) is 0 Å². The van der Waals surface area contributed by atoms with Crippen LogP contribution in [0.2, 0.25) is 10.0 Å². The SMILES string of the molecule is Cc1ccc(N2C(=O)C(=O)/C(=C(\O)c3ccc4c(c3)CCO4)C2c2ccc(Cl)cc2)cc1Cl. The number of anilines is 1. The molecule has 3 aromatic carbocycles. The highest BCUT2D eigenvalue weighted by Gasteiger charge is 2.47. The summed E-state index contributed by atoms with van der Waals surface area (Å²) in [6.45, 7) is 2.43. The smallest absolute Gasteiger partial charge is 0.300 e. The van der Waals surface area contributed by atoms with Gasteiger partial charge in [0.2, 0.25) is 0 Å². The van der Waals surface area contributed by atoms with Gasteiger partial charge in [0, 0.05) is 27.7 Å². The number of halogens is 2. The van der Waals surface area contributed by atoms with Crippen LogP contribution in [0.5, 0.6) is 5.75 Å². The standard InChI is InChI=1S/C26H19Cl2NO4/c1-14-2-8-19(13-20(14)28)29-23(15-3-6-18(27)7-4-15)22(25(31)26(29)32)24(30)17-5-9-21-16(12-17)10-11-33-21/h2-9,12-13,23,30H,10-11H2,1H3/b24-22-. The molecule has 0 saturated carbocycles. The van der Waals surface area contributed by atoms with Crippen molar-refractivity contribution >= 4 is 46.3 Å². The largest absolute Gasteiger partial charge is 0.507 e. The number of ether oxygens (including phenoxy) is 1. The molecule has 1 amide bonds. The van der Waals surface area contributed by atoms with Crippen LogP contribution in [0.4, 0.5) is 5.69 Å². The number of Topliss-reactive ketones (excluding diaryl/α,β-unsaturated/α-hetero) is 1. The van der Waals surface area contributed by atoms with Gasteiger partial charge in [0.15, 0.2) is 0 Å². The Bertz CT molecular complexity index is 1330. The third-order valence-corrected chi connectivity index (χ3v) is 6.69. The number of carbonyl (C=O) groups is 2. The highest BCUT2D eigenvalue weighted by molar-refractivity contribution is 6.51. The van der Waals surface area contributed by atoms with Crippen LogP contribution in [-0.4, -0.2) is 23.4 Å². The Morgan fingerprint density at radius 1 is 1.03 bits per heavy atom. The molecule has 3 aromatic rings. The molecule has 1 N–H and O–H groups in total. The summed E-state index contributed by atoms with van der Waals surface area (Å²) in [5.41, 5.74) is 3.37. The average molecular weight is 480 g/mol. The van der Waals surface area contributed by atoms with Gasteiger partial charge >= 0.3 is 0 Å². The molecule has 5 nitrogen and oxygen atoms in total. The molecular formula is C26H19Cl2NO4. The minimum atomic E-state index is -0.842. The fourth-order valence-corrected chi connectivity index (χ4v) is 4.58. The highest BCUT2D eigenvalue weighted by atomic mass is 35.5. The second kappa shape index (κ2) is 8.25. The van der Waals surface area contributed by atoms with E-state index in [0.717, 1.165) is 16.9 Å². The van der Waals surface area contributed by atoms with E-state index < -0.39 is 17.7 Å².